The number of benzene rings is 1. The maximum atomic E-state index is 11.7. The largest absolute Gasteiger partial charge is 0.496 e. The first-order valence-corrected chi connectivity index (χ1v) is 5.17. The van der Waals surface area contributed by atoms with Gasteiger partial charge in [0.05, 0.1) is 7.11 Å². The van der Waals surface area contributed by atoms with E-state index in [4.69, 9.17) is 26.8 Å². The van der Waals surface area contributed by atoms with E-state index in [2.05, 4.69) is 0 Å². The van der Waals surface area contributed by atoms with Crippen molar-refractivity contribution in [2.24, 2.45) is 5.73 Å². The highest BCUT2D eigenvalue weighted by molar-refractivity contribution is 6.31. The van der Waals surface area contributed by atoms with E-state index < -0.39 is 18.0 Å². The van der Waals surface area contributed by atoms with E-state index in [1.807, 2.05) is 0 Å². The minimum absolute atomic E-state index is 0.146. The van der Waals surface area contributed by atoms with Gasteiger partial charge in [0, 0.05) is 5.02 Å². The highest BCUT2D eigenvalue weighted by Crippen LogP contribution is 2.23. The number of ether oxygens (including phenoxy) is 2. The molecule has 0 unspecified atom stereocenters. The molecule has 0 aliphatic rings. The fourth-order valence-electron chi connectivity index (χ4n) is 1.12. The summed E-state index contributed by atoms with van der Waals surface area (Å²) < 4.78 is 9.83. The van der Waals surface area contributed by atoms with Gasteiger partial charge in [0.2, 0.25) is 0 Å². The molecular weight excluding hydrogens is 246 g/mol. The number of rotatable bonds is 4. The number of hydrogen-bond donors (Lipinski definition) is 1. The lowest BCUT2D eigenvalue weighted by Gasteiger charge is -2.12. The molecule has 1 aromatic rings. The van der Waals surface area contributed by atoms with Gasteiger partial charge in [0.1, 0.15) is 11.3 Å². The van der Waals surface area contributed by atoms with Gasteiger partial charge in [-0.25, -0.2) is 4.79 Å². The molecule has 17 heavy (non-hydrogen) atoms. The van der Waals surface area contributed by atoms with Gasteiger partial charge in [0.25, 0.3) is 5.91 Å². The molecular formula is C11H12ClNO4. The number of nitrogens with two attached hydrogens (primary N) is 1. The van der Waals surface area contributed by atoms with Gasteiger partial charge in [-0.05, 0) is 25.1 Å². The fourth-order valence-corrected chi connectivity index (χ4v) is 1.29. The van der Waals surface area contributed by atoms with Crippen LogP contribution < -0.4 is 10.5 Å². The summed E-state index contributed by atoms with van der Waals surface area (Å²) in [7, 11) is 1.41. The first-order valence-electron chi connectivity index (χ1n) is 4.79. The number of esters is 1. The molecule has 0 fully saturated rings. The fraction of sp³-hybridized carbons (Fsp3) is 0.273. The van der Waals surface area contributed by atoms with E-state index in [-0.39, 0.29) is 5.56 Å². The molecule has 1 aromatic carbocycles. The van der Waals surface area contributed by atoms with Crippen LogP contribution in [0, 0.1) is 0 Å². The van der Waals surface area contributed by atoms with Crippen LogP contribution in [0.15, 0.2) is 18.2 Å². The SMILES string of the molecule is COc1ccc(Cl)cc1C(=O)O[C@H](C)C(N)=O. The summed E-state index contributed by atoms with van der Waals surface area (Å²) in [5.41, 5.74) is 5.14. The summed E-state index contributed by atoms with van der Waals surface area (Å²) in [5.74, 6) is -1.12. The van der Waals surface area contributed by atoms with E-state index in [1.165, 1.54) is 26.2 Å². The zero-order chi connectivity index (χ0) is 13.0. The van der Waals surface area contributed by atoms with Crippen LogP contribution in [0.25, 0.3) is 0 Å². The number of halogens is 1. The van der Waals surface area contributed by atoms with E-state index >= 15 is 0 Å². The second-order valence-corrected chi connectivity index (χ2v) is 3.73. The lowest BCUT2D eigenvalue weighted by atomic mass is 10.2. The van der Waals surface area contributed by atoms with E-state index in [9.17, 15) is 9.59 Å². The Morgan fingerprint density at radius 3 is 2.59 bits per heavy atom. The minimum atomic E-state index is -1.01. The topological polar surface area (TPSA) is 78.6 Å². The van der Waals surface area contributed by atoms with Crippen molar-refractivity contribution < 1.29 is 19.1 Å². The number of hydrogen-bond acceptors (Lipinski definition) is 4. The number of methoxy groups -OCH3 is 1. The minimum Gasteiger partial charge on any atom is -0.496 e. The molecule has 1 amide bonds. The first-order chi connectivity index (χ1) is 7.95. The Labute approximate surface area is 103 Å². The molecule has 0 saturated heterocycles. The van der Waals surface area contributed by atoms with E-state index in [0.29, 0.717) is 10.8 Å². The van der Waals surface area contributed by atoms with Crippen molar-refractivity contribution in [1.82, 2.24) is 0 Å². The number of carbonyl (C=O) groups is 2. The smallest absolute Gasteiger partial charge is 0.342 e. The molecule has 2 N–H and O–H groups in total. The van der Waals surface area contributed by atoms with Crippen LogP contribution >= 0.6 is 11.6 Å². The van der Waals surface area contributed by atoms with Crippen molar-refractivity contribution in [3.8, 4) is 5.75 Å². The lowest BCUT2D eigenvalue weighted by molar-refractivity contribution is -0.125. The van der Waals surface area contributed by atoms with Crippen LogP contribution in [-0.2, 0) is 9.53 Å². The highest BCUT2D eigenvalue weighted by atomic mass is 35.5. The van der Waals surface area contributed by atoms with E-state index in [1.54, 1.807) is 6.07 Å². The van der Waals surface area contributed by atoms with Gasteiger partial charge in [-0.3, -0.25) is 4.79 Å². The van der Waals surface area contributed by atoms with Gasteiger partial charge >= 0.3 is 5.97 Å². The molecule has 0 saturated carbocycles. The summed E-state index contributed by atoms with van der Waals surface area (Å²) in [4.78, 5) is 22.5. The van der Waals surface area contributed by atoms with Crippen molar-refractivity contribution in [2.45, 2.75) is 13.0 Å². The first kappa shape index (κ1) is 13.3. The highest BCUT2D eigenvalue weighted by Gasteiger charge is 2.19. The third-order valence-electron chi connectivity index (χ3n) is 2.07. The summed E-state index contributed by atoms with van der Waals surface area (Å²) in [6.07, 6.45) is -1.01. The molecule has 5 nitrogen and oxygen atoms in total. The number of amides is 1. The third-order valence-corrected chi connectivity index (χ3v) is 2.30. The second kappa shape index (κ2) is 5.54. The molecule has 0 bridgehead atoms. The van der Waals surface area contributed by atoms with Gasteiger partial charge in [-0.2, -0.15) is 0 Å². The van der Waals surface area contributed by atoms with Crippen LogP contribution in [0.4, 0.5) is 0 Å². The Kier molecular flexibility index (Phi) is 4.34. The van der Waals surface area contributed by atoms with Gasteiger partial charge < -0.3 is 15.2 Å². The van der Waals surface area contributed by atoms with Crippen molar-refractivity contribution in [1.29, 1.82) is 0 Å². The van der Waals surface area contributed by atoms with Crippen LogP contribution in [0.1, 0.15) is 17.3 Å². The van der Waals surface area contributed by atoms with Crippen molar-refractivity contribution in [2.75, 3.05) is 7.11 Å². The summed E-state index contributed by atoms with van der Waals surface area (Å²) in [6, 6.07) is 4.51. The monoisotopic (exact) mass is 257 g/mol. The van der Waals surface area contributed by atoms with Crippen molar-refractivity contribution in [3.63, 3.8) is 0 Å². The standard InChI is InChI=1S/C11H12ClNO4/c1-6(10(13)14)17-11(15)8-5-7(12)3-4-9(8)16-2/h3-6H,1-2H3,(H2,13,14)/t6-/m1/s1. The summed E-state index contributed by atoms with van der Waals surface area (Å²) in [6.45, 7) is 1.39. The van der Waals surface area contributed by atoms with Crippen LogP contribution in [0.2, 0.25) is 5.02 Å². The molecule has 0 aliphatic carbocycles. The van der Waals surface area contributed by atoms with Gasteiger partial charge in [-0.1, -0.05) is 11.6 Å². The Morgan fingerprint density at radius 2 is 2.06 bits per heavy atom. The Morgan fingerprint density at radius 1 is 1.41 bits per heavy atom. The molecule has 0 aromatic heterocycles. The third kappa shape index (κ3) is 3.35. The molecule has 0 radical (unpaired) electrons. The van der Waals surface area contributed by atoms with Gasteiger partial charge in [0.15, 0.2) is 6.10 Å². The number of primary amides is 1. The van der Waals surface area contributed by atoms with Crippen LogP contribution in [-0.4, -0.2) is 25.1 Å². The maximum absolute atomic E-state index is 11.7. The molecule has 0 aliphatic heterocycles. The van der Waals surface area contributed by atoms with Crippen LogP contribution in [0.3, 0.4) is 0 Å². The quantitative estimate of drug-likeness (QED) is 0.827. The average molecular weight is 258 g/mol. The Balaban J connectivity index is 2.95. The Bertz CT molecular complexity index is 447. The predicted molar refractivity (Wildman–Crippen MR) is 62.1 cm³/mol. The van der Waals surface area contributed by atoms with Crippen molar-refractivity contribution >= 4 is 23.5 Å². The summed E-state index contributed by atoms with van der Waals surface area (Å²) >= 11 is 5.76. The van der Waals surface area contributed by atoms with Crippen LogP contribution in [0.5, 0.6) is 5.75 Å². The molecule has 92 valence electrons. The number of carbonyl (C=O) groups excluding carboxylic acids is 2. The zero-order valence-electron chi connectivity index (χ0n) is 9.40. The molecule has 0 heterocycles. The van der Waals surface area contributed by atoms with Gasteiger partial charge in [-0.15, -0.1) is 0 Å². The molecule has 1 rings (SSSR count). The second-order valence-electron chi connectivity index (χ2n) is 3.29. The average Bonchev–Trinajstić information content (AvgIpc) is 2.28. The van der Waals surface area contributed by atoms with E-state index in [0.717, 1.165) is 0 Å². The summed E-state index contributed by atoms with van der Waals surface area (Å²) in [5, 5.41) is 0.365. The zero-order valence-corrected chi connectivity index (χ0v) is 10.2. The Hall–Kier alpha value is -1.75. The predicted octanol–water partition coefficient (Wildman–Crippen LogP) is 1.38. The lowest BCUT2D eigenvalue weighted by Crippen LogP contribution is -2.30. The molecule has 1 atom stereocenters. The van der Waals surface area contributed by atoms with Crippen molar-refractivity contribution in [3.05, 3.63) is 28.8 Å². The molecule has 6 heteroatoms. The molecule has 0 spiro atoms. The maximum Gasteiger partial charge on any atom is 0.342 e. The normalized spacial score (nSPS) is 11.7.